The molecule has 0 spiro atoms. The predicted molar refractivity (Wildman–Crippen MR) is 73.8 cm³/mol. The third-order valence-electron chi connectivity index (χ3n) is 2.61. The topological polar surface area (TPSA) is 37.8 Å². The minimum Gasteiger partial charge on any atom is -0.338 e. The molecule has 0 unspecified atom stereocenters. The number of hydrogen-bond donors (Lipinski definition) is 1. The molecule has 1 heterocycles. The van der Waals surface area contributed by atoms with Gasteiger partial charge in [-0.05, 0) is 34.1 Å². The number of benzene rings is 1. The smallest absolute Gasteiger partial charge is 0.338 e. The molecule has 1 N–H and O–H groups in total. The summed E-state index contributed by atoms with van der Waals surface area (Å²) in [6.07, 6.45) is -4.00. The maximum Gasteiger partial charge on any atom is 0.416 e. The van der Waals surface area contributed by atoms with Crippen molar-refractivity contribution in [2.45, 2.75) is 19.5 Å². The van der Waals surface area contributed by atoms with Crippen LogP contribution in [-0.2, 0) is 12.6 Å². The Morgan fingerprint density at radius 1 is 1.19 bits per heavy atom. The van der Waals surface area contributed by atoms with Crippen LogP contribution in [0.5, 0.6) is 0 Å². The van der Waals surface area contributed by atoms with Crippen molar-refractivity contribution in [3.05, 3.63) is 46.1 Å². The van der Waals surface area contributed by atoms with Crippen LogP contribution in [0.3, 0.4) is 0 Å². The van der Waals surface area contributed by atoms with Crippen LogP contribution in [0.15, 0.2) is 28.9 Å². The Kier molecular flexibility index (Phi) is 4.46. The van der Waals surface area contributed by atoms with E-state index in [0.29, 0.717) is 29.0 Å². The van der Waals surface area contributed by atoms with Gasteiger partial charge < -0.3 is 5.32 Å². The molecular weight excluding hydrogens is 354 g/mol. The Morgan fingerprint density at radius 3 is 2.52 bits per heavy atom. The summed E-state index contributed by atoms with van der Waals surface area (Å²) >= 11 is 3.17. The molecule has 0 aliphatic rings. The minimum atomic E-state index is -4.54. The molecule has 0 saturated carbocycles. The summed E-state index contributed by atoms with van der Waals surface area (Å²) < 4.78 is 52.0. The predicted octanol–water partition coefficient (Wildman–Crippen LogP) is 4.70. The van der Waals surface area contributed by atoms with Gasteiger partial charge in [-0.2, -0.15) is 13.2 Å². The lowest BCUT2D eigenvalue weighted by Crippen LogP contribution is -2.07. The SMILES string of the molecule is CCc1nc(Br)cc(Nc2cc(C(F)(F)F)ccc2F)n1. The number of alkyl halides is 3. The summed E-state index contributed by atoms with van der Waals surface area (Å²) in [6, 6.07) is 3.62. The number of anilines is 2. The molecule has 0 saturated heterocycles. The first-order valence-electron chi connectivity index (χ1n) is 5.97. The molecule has 0 radical (unpaired) electrons. The molecule has 2 aromatic rings. The van der Waals surface area contributed by atoms with Crippen molar-refractivity contribution in [2.75, 3.05) is 5.32 Å². The number of nitrogens with one attached hydrogen (secondary N) is 1. The zero-order valence-corrected chi connectivity index (χ0v) is 12.4. The average molecular weight is 364 g/mol. The van der Waals surface area contributed by atoms with E-state index in [0.717, 1.165) is 6.07 Å². The number of aryl methyl sites for hydroxylation is 1. The fraction of sp³-hybridized carbons (Fsp3) is 0.231. The molecule has 0 atom stereocenters. The lowest BCUT2D eigenvalue weighted by Gasteiger charge is -2.12. The van der Waals surface area contributed by atoms with Crippen LogP contribution in [0, 0.1) is 5.82 Å². The molecule has 0 bridgehead atoms. The van der Waals surface area contributed by atoms with Gasteiger partial charge in [0.25, 0.3) is 0 Å². The van der Waals surface area contributed by atoms with E-state index in [1.54, 1.807) is 0 Å². The zero-order chi connectivity index (χ0) is 15.6. The molecule has 1 aromatic carbocycles. The fourth-order valence-electron chi connectivity index (χ4n) is 1.62. The van der Waals surface area contributed by atoms with Gasteiger partial charge in [0.1, 0.15) is 22.1 Å². The van der Waals surface area contributed by atoms with Gasteiger partial charge in [-0.15, -0.1) is 0 Å². The van der Waals surface area contributed by atoms with E-state index in [1.807, 2.05) is 6.92 Å². The maximum atomic E-state index is 13.6. The molecule has 0 aliphatic carbocycles. The van der Waals surface area contributed by atoms with E-state index in [-0.39, 0.29) is 11.5 Å². The van der Waals surface area contributed by atoms with Crippen LogP contribution in [0.2, 0.25) is 0 Å². The Hall–Kier alpha value is -1.70. The van der Waals surface area contributed by atoms with Crippen LogP contribution < -0.4 is 5.32 Å². The van der Waals surface area contributed by atoms with Crippen LogP contribution in [0.25, 0.3) is 0 Å². The van der Waals surface area contributed by atoms with Gasteiger partial charge in [-0.3, -0.25) is 0 Å². The van der Waals surface area contributed by atoms with Gasteiger partial charge in [0, 0.05) is 12.5 Å². The molecule has 0 aliphatic heterocycles. The highest BCUT2D eigenvalue weighted by Crippen LogP contribution is 2.32. The van der Waals surface area contributed by atoms with Crippen LogP contribution in [0.4, 0.5) is 29.1 Å². The van der Waals surface area contributed by atoms with Crippen LogP contribution >= 0.6 is 15.9 Å². The average Bonchev–Trinajstić information content (AvgIpc) is 2.39. The van der Waals surface area contributed by atoms with Crippen LogP contribution in [-0.4, -0.2) is 9.97 Å². The number of aromatic nitrogens is 2. The number of rotatable bonds is 3. The van der Waals surface area contributed by atoms with Crippen molar-refractivity contribution in [2.24, 2.45) is 0 Å². The first-order valence-corrected chi connectivity index (χ1v) is 6.76. The van der Waals surface area contributed by atoms with E-state index >= 15 is 0 Å². The molecule has 3 nitrogen and oxygen atoms in total. The van der Waals surface area contributed by atoms with Gasteiger partial charge in [0.2, 0.25) is 0 Å². The molecule has 2 rings (SSSR count). The lowest BCUT2D eigenvalue weighted by atomic mass is 10.2. The Labute approximate surface area is 126 Å². The Bertz CT molecular complexity index is 658. The van der Waals surface area contributed by atoms with Gasteiger partial charge in [-0.25, -0.2) is 14.4 Å². The lowest BCUT2D eigenvalue weighted by molar-refractivity contribution is -0.137. The summed E-state index contributed by atoms with van der Waals surface area (Å²) in [5.74, 6) is -0.0954. The van der Waals surface area contributed by atoms with Gasteiger partial charge in [-0.1, -0.05) is 6.92 Å². The highest BCUT2D eigenvalue weighted by molar-refractivity contribution is 9.10. The first kappa shape index (κ1) is 15.7. The summed E-state index contributed by atoms with van der Waals surface area (Å²) in [7, 11) is 0. The highest BCUT2D eigenvalue weighted by Gasteiger charge is 2.31. The summed E-state index contributed by atoms with van der Waals surface area (Å²) in [6.45, 7) is 1.83. The van der Waals surface area contributed by atoms with Gasteiger partial charge >= 0.3 is 6.18 Å². The van der Waals surface area contributed by atoms with E-state index in [9.17, 15) is 17.6 Å². The second kappa shape index (κ2) is 5.97. The van der Waals surface area contributed by atoms with E-state index in [2.05, 4.69) is 31.2 Å². The monoisotopic (exact) mass is 363 g/mol. The summed E-state index contributed by atoms with van der Waals surface area (Å²) in [5.41, 5.74) is -1.23. The third-order valence-corrected chi connectivity index (χ3v) is 3.02. The molecule has 1 aromatic heterocycles. The molecule has 0 fully saturated rings. The van der Waals surface area contributed by atoms with Crippen molar-refractivity contribution >= 4 is 27.4 Å². The Morgan fingerprint density at radius 2 is 1.90 bits per heavy atom. The first-order chi connectivity index (χ1) is 9.79. The quantitative estimate of drug-likeness (QED) is 0.634. The number of halogens is 5. The van der Waals surface area contributed by atoms with Crippen molar-refractivity contribution in [3.8, 4) is 0 Å². The summed E-state index contributed by atoms with van der Waals surface area (Å²) in [4.78, 5) is 8.15. The van der Waals surface area contributed by atoms with Crippen molar-refractivity contribution < 1.29 is 17.6 Å². The normalized spacial score (nSPS) is 11.5. The second-order valence-corrected chi connectivity index (χ2v) is 4.98. The van der Waals surface area contributed by atoms with E-state index < -0.39 is 17.6 Å². The molecule has 8 heteroatoms. The van der Waals surface area contributed by atoms with Crippen molar-refractivity contribution in [3.63, 3.8) is 0 Å². The number of hydrogen-bond acceptors (Lipinski definition) is 3. The minimum absolute atomic E-state index is 0.215. The summed E-state index contributed by atoms with van der Waals surface area (Å²) in [5, 5.41) is 2.54. The Balaban J connectivity index is 2.37. The van der Waals surface area contributed by atoms with Crippen LogP contribution in [0.1, 0.15) is 18.3 Å². The van der Waals surface area contributed by atoms with Crippen molar-refractivity contribution in [1.29, 1.82) is 0 Å². The van der Waals surface area contributed by atoms with Gasteiger partial charge in [0.15, 0.2) is 0 Å². The van der Waals surface area contributed by atoms with Crippen molar-refractivity contribution in [1.82, 2.24) is 9.97 Å². The third kappa shape index (κ3) is 3.90. The van der Waals surface area contributed by atoms with E-state index in [1.165, 1.54) is 6.07 Å². The number of nitrogens with zero attached hydrogens (tertiary/aromatic N) is 2. The second-order valence-electron chi connectivity index (χ2n) is 4.16. The molecule has 0 amide bonds. The zero-order valence-electron chi connectivity index (χ0n) is 10.8. The maximum absolute atomic E-state index is 13.6. The largest absolute Gasteiger partial charge is 0.416 e. The fourth-order valence-corrected chi connectivity index (χ4v) is 2.04. The highest BCUT2D eigenvalue weighted by atomic mass is 79.9. The standard InChI is InChI=1S/C13H10BrF4N3/c1-2-11-20-10(14)6-12(21-11)19-9-5-7(13(16,17)18)3-4-8(9)15/h3-6H,2H2,1H3,(H,19,20,21). The molecular formula is C13H10BrF4N3. The van der Waals surface area contributed by atoms with Gasteiger partial charge in [0.05, 0.1) is 11.3 Å². The molecule has 112 valence electrons. The molecule has 21 heavy (non-hydrogen) atoms. The van der Waals surface area contributed by atoms with E-state index in [4.69, 9.17) is 0 Å².